The molecule has 0 radical (unpaired) electrons. The molecule has 3 aromatic carbocycles. The van der Waals surface area contributed by atoms with Crippen molar-refractivity contribution in [2.45, 2.75) is 13.5 Å². The highest BCUT2D eigenvalue weighted by molar-refractivity contribution is 5.94. The normalized spacial score (nSPS) is 10.2. The van der Waals surface area contributed by atoms with Gasteiger partial charge in [0.25, 0.3) is 0 Å². The minimum absolute atomic E-state index is 0.0843. The smallest absolute Gasteiger partial charge is 0.221 e. The first-order valence-corrected chi connectivity index (χ1v) is 7.86. The summed E-state index contributed by atoms with van der Waals surface area (Å²) in [7, 11) is 0. The molecule has 24 heavy (non-hydrogen) atoms. The molecule has 0 aliphatic rings. The van der Waals surface area contributed by atoms with Crippen LogP contribution < -0.4 is 10.1 Å². The molecule has 0 saturated carbocycles. The molecule has 0 saturated heterocycles. The quantitative estimate of drug-likeness (QED) is 0.727. The topological polar surface area (TPSA) is 38.3 Å². The Morgan fingerprint density at radius 2 is 1.67 bits per heavy atom. The Morgan fingerprint density at radius 3 is 2.46 bits per heavy atom. The van der Waals surface area contributed by atoms with Gasteiger partial charge in [-0.15, -0.1) is 0 Å². The number of benzene rings is 3. The van der Waals surface area contributed by atoms with Gasteiger partial charge in [-0.2, -0.15) is 0 Å². The molecule has 0 aromatic heterocycles. The van der Waals surface area contributed by atoms with Crippen molar-refractivity contribution in [3.8, 4) is 16.9 Å². The predicted molar refractivity (Wildman–Crippen MR) is 97.0 cm³/mol. The Kier molecular flexibility index (Phi) is 4.92. The second-order valence-electron chi connectivity index (χ2n) is 5.53. The van der Waals surface area contributed by atoms with Crippen LogP contribution in [0.1, 0.15) is 12.5 Å². The van der Waals surface area contributed by atoms with Gasteiger partial charge in [-0.25, -0.2) is 0 Å². The highest BCUT2D eigenvalue weighted by Gasteiger charge is 2.07. The van der Waals surface area contributed by atoms with Crippen molar-refractivity contribution >= 4 is 11.6 Å². The monoisotopic (exact) mass is 317 g/mol. The van der Waals surface area contributed by atoms with Gasteiger partial charge in [-0.1, -0.05) is 60.7 Å². The third-order valence-electron chi connectivity index (χ3n) is 3.63. The summed E-state index contributed by atoms with van der Waals surface area (Å²) in [4.78, 5) is 11.4. The molecule has 3 rings (SSSR count). The van der Waals surface area contributed by atoms with Crippen LogP contribution in [-0.4, -0.2) is 5.91 Å². The van der Waals surface area contributed by atoms with Crippen LogP contribution in [0.4, 0.5) is 5.69 Å². The van der Waals surface area contributed by atoms with Crippen molar-refractivity contribution in [2.75, 3.05) is 5.32 Å². The zero-order chi connectivity index (χ0) is 16.8. The number of hydrogen-bond acceptors (Lipinski definition) is 2. The highest BCUT2D eigenvalue weighted by atomic mass is 16.5. The lowest BCUT2D eigenvalue weighted by Crippen LogP contribution is -2.06. The SMILES string of the molecule is CC(=O)Nc1ccccc1-c1cccc(OCc2ccccc2)c1. The van der Waals surface area contributed by atoms with Crippen molar-refractivity contribution in [2.24, 2.45) is 0 Å². The number of amides is 1. The van der Waals surface area contributed by atoms with E-state index in [1.807, 2.05) is 78.9 Å². The van der Waals surface area contributed by atoms with Crippen LogP contribution in [0.2, 0.25) is 0 Å². The minimum atomic E-state index is -0.0843. The lowest BCUT2D eigenvalue weighted by Gasteiger charge is -2.12. The van der Waals surface area contributed by atoms with E-state index in [-0.39, 0.29) is 5.91 Å². The summed E-state index contributed by atoms with van der Waals surface area (Å²) in [6.45, 7) is 2.04. The molecule has 0 aliphatic heterocycles. The molecular weight excluding hydrogens is 298 g/mol. The zero-order valence-electron chi connectivity index (χ0n) is 13.5. The second-order valence-corrected chi connectivity index (χ2v) is 5.53. The second kappa shape index (κ2) is 7.47. The predicted octanol–water partition coefficient (Wildman–Crippen LogP) is 4.89. The molecule has 120 valence electrons. The molecule has 0 unspecified atom stereocenters. The van der Waals surface area contributed by atoms with E-state index in [0.717, 1.165) is 28.1 Å². The number of para-hydroxylation sites is 1. The van der Waals surface area contributed by atoms with E-state index in [2.05, 4.69) is 5.32 Å². The maximum atomic E-state index is 11.4. The van der Waals surface area contributed by atoms with Gasteiger partial charge in [0.15, 0.2) is 0 Å². The van der Waals surface area contributed by atoms with Gasteiger partial charge in [0, 0.05) is 18.2 Å². The molecule has 0 spiro atoms. The fourth-order valence-corrected chi connectivity index (χ4v) is 2.53. The summed E-state index contributed by atoms with van der Waals surface area (Å²) in [5.74, 6) is 0.716. The standard InChI is InChI=1S/C21H19NO2/c1-16(23)22-21-13-6-5-12-20(21)18-10-7-11-19(14-18)24-15-17-8-3-2-4-9-17/h2-14H,15H2,1H3,(H,22,23). The number of carbonyl (C=O) groups excluding carboxylic acids is 1. The number of rotatable bonds is 5. The average molecular weight is 317 g/mol. The molecule has 0 heterocycles. The minimum Gasteiger partial charge on any atom is -0.489 e. The van der Waals surface area contributed by atoms with Gasteiger partial charge < -0.3 is 10.1 Å². The Balaban J connectivity index is 1.82. The van der Waals surface area contributed by atoms with Crippen molar-refractivity contribution in [1.82, 2.24) is 0 Å². The van der Waals surface area contributed by atoms with Gasteiger partial charge in [-0.05, 0) is 29.3 Å². The number of carbonyl (C=O) groups is 1. The van der Waals surface area contributed by atoms with Crippen molar-refractivity contribution < 1.29 is 9.53 Å². The van der Waals surface area contributed by atoms with E-state index in [0.29, 0.717) is 6.61 Å². The van der Waals surface area contributed by atoms with Gasteiger partial charge in [-0.3, -0.25) is 4.79 Å². The summed E-state index contributed by atoms with van der Waals surface area (Å²) >= 11 is 0. The molecule has 0 aliphatic carbocycles. The molecule has 0 fully saturated rings. The average Bonchev–Trinajstić information content (AvgIpc) is 2.61. The summed E-state index contributed by atoms with van der Waals surface area (Å²) in [5, 5.41) is 2.87. The Morgan fingerprint density at radius 1 is 0.917 bits per heavy atom. The van der Waals surface area contributed by atoms with Gasteiger partial charge >= 0.3 is 0 Å². The lowest BCUT2D eigenvalue weighted by atomic mass is 10.0. The van der Waals surface area contributed by atoms with Crippen LogP contribution in [0.3, 0.4) is 0 Å². The van der Waals surface area contributed by atoms with Gasteiger partial charge in [0.1, 0.15) is 12.4 Å². The van der Waals surface area contributed by atoms with Crippen LogP contribution in [0.25, 0.3) is 11.1 Å². The molecule has 0 atom stereocenters. The number of hydrogen-bond donors (Lipinski definition) is 1. The van der Waals surface area contributed by atoms with E-state index < -0.39 is 0 Å². The largest absolute Gasteiger partial charge is 0.489 e. The number of anilines is 1. The Bertz CT molecular complexity index is 828. The Hall–Kier alpha value is -3.07. The molecule has 3 nitrogen and oxygen atoms in total. The molecule has 3 aromatic rings. The van der Waals surface area contributed by atoms with Crippen LogP contribution in [0, 0.1) is 0 Å². The van der Waals surface area contributed by atoms with Crippen LogP contribution >= 0.6 is 0 Å². The number of nitrogens with one attached hydrogen (secondary N) is 1. The van der Waals surface area contributed by atoms with E-state index in [1.54, 1.807) is 0 Å². The third kappa shape index (κ3) is 4.02. The summed E-state index contributed by atoms with van der Waals surface area (Å²) < 4.78 is 5.89. The first kappa shape index (κ1) is 15.8. The first-order valence-electron chi connectivity index (χ1n) is 7.86. The molecular formula is C21H19NO2. The maximum absolute atomic E-state index is 11.4. The molecule has 1 N–H and O–H groups in total. The summed E-state index contributed by atoms with van der Waals surface area (Å²) in [5.41, 5.74) is 3.90. The van der Waals surface area contributed by atoms with Crippen LogP contribution in [0.15, 0.2) is 78.9 Å². The van der Waals surface area contributed by atoms with Crippen molar-refractivity contribution in [3.05, 3.63) is 84.4 Å². The van der Waals surface area contributed by atoms with E-state index in [1.165, 1.54) is 6.92 Å². The first-order chi connectivity index (χ1) is 11.7. The molecule has 0 bridgehead atoms. The highest BCUT2D eigenvalue weighted by Crippen LogP contribution is 2.30. The lowest BCUT2D eigenvalue weighted by molar-refractivity contribution is -0.114. The van der Waals surface area contributed by atoms with Crippen LogP contribution in [-0.2, 0) is 11.4 Å². The Labute approximate surface area is 141 Å². The van der Waals surface area contributed by atoms with E-state index in [4.69, 9.17) is 4.74 Å². The molecule has 1 amide bonds. The third-order valence-corrected chi connectivity index (χ3v) is 3.63. The number of ether oxygens (including phenoxy) is 1. The zero-order valence-corrected chi connectivity index (χ0v) is 13.5. The van der Waals surface area contributed by atoms with E-state index >= 15 is 0 Å². The van der Waals surface area contributed by atoms with Gasteiger partial charge in [0.2, 0.25) is 5.91 Å². The molecule has 3 heteroatoms. The summed E-state index contributed by atoms with van der Waals surface area (Å²) in [6, 6.07) is 25.7. The van der Waals surface area contributed by atoms with E-state index in [9.17, 15) is 4.79 Å². The summed E-state index contributed by atoms with van der Waals surface area (Å²) in [6.07, 6.45) is 0. The van der Waals surface area contributed by atoms with Crippen molar-refractivity contribution in [1.29, 1.82) is 0 Å². The van der Waals surface area contributed by atoms with Crippen LogP contribution in [0.5, 0.6) is 5.75 Å². The van der Waals surface area contributed by atoms with Gasteiger partial charge in [0.05, 0.1) is 0 Å². The van der Waals surface area contributed by atoms with Crippen molar-refractivity contribution in [3.63, 3.8) is 0 Å². The maximum Gasteiger partial charge on any atom is 0.221 e. The fraction of sp³-hybridized carbons (Fsp3) is 0.0952. The fourth-order valence-electron chi connectivity index (χ4n) is 2.53.